The van der Waals surface area contributed by atoms with Gasteiger partial charge in [0.05, 0.1) is 13.2 Å². The molecular formula is C7H12F3N5OS. The number of hydrogen-bond acceptors (Lipinski definition) is 6. The predicted octanol–water partition coefficient (Wildman–Crippen LogP) is 0.521. The number of rotatable bonds is 7. The predicted molar refractivity (Wildman–Crippen MR) is 54.5 cm³/mol. The van der Waals surface area contributed by atoms with Crippen LogP contribution in [-0.2, 0) is 11.3 Å². The van der Waals surface area contributed by atoms with Crippen molar-refractivity contribution >= 4 is 11.8 Å². The van der Waals surface area contributed by atoms with Crippen molar-refractivity contribution in [3.63, 3.8) is 0 Å². The van der Waals surface area contributed by atoms with Gasteiger partial charge < -0.3 is 5.32 Å². The Labute approximate surface area is 99.9 Å². The van der Waals surface area contributed by atoms with E-state index in [0.717, 1.165) is 11.8 Å². The number of hydrogen-bond donors (Lipinski definition) is 1. The van der Waals surface area contributed by atoms with E-state index < -0.39 is 13.0 Å². The summed E-state index contributed by atoms with van der Waals surface area (Å²) >= 11 is 1.12. The Morgan fingerprint density at radius 2 is 2.24 bits per heavy atom. The van der Waals surface area contributed by atoms with Gasteiger partial charge in [-0.05, 0) is 17.5 Å². The SMILES string of the molecule is CNCCn1nnnc1SCCOC(F)(F)F. The highest BCUT2D eigenvalue weighted by Gasteiger charge is 2.28. The van der Waals surface area contributed by atoms with E-state index >= 15 is 0 Å². The second-order valence-electron chi connectivity index (χ2n) is 2.93. The average molecular weight is 271 g/mol. The quantitative estimate of drug-likeness (QED) is 0.576. The molecule has 1 aromatic heterocycles. The lowest BCUT2D eigenvalue weighted by molar-refractivity contribution is -0.322. The summed E-state index contributed by atoms with van der Waals surface area (Å²) in [6.07, 6.45) is -4.58. The summed E-state index contributed by atoms with van der Waals surface area (Å²) in [7, 11) is 1.79. The number of thioether (sulfide) groups is 1. The van der Waals surface area contributed by atoms with E-state index in [1.54, 1.807) is 7.05 Å². The smallest absolute Gasteiger partial charge is 0.318 e. The van der Waals surface area contributed by atoms with Crippen molar-refractivity contribution in [3.8, 4) is 0 Å². The van der Waals surface area contributed by atoms with E-state index in [2.05, 4.69) is 25.6 Å². The van der Waals surface area contributed by atoms with E-state index in [1.807, 2.05) is 0 Å². The van der Waals surface area contributed by atoms with E-state index in [1.165, 1.54) is 4.68 Å². The van der Waals surface area contributed by atoms with Crippen molar-refractivity contribution < 1.29 is 17.9 Å². The molecule has 0 radical (unpaired) electrons. The Balaban J connectivity index is 2.29. The van der Waals surface area contributed by atoms with Crippen LogP contribution in [0.2, 0.25) is 0 Å². The molecule has 0 unspecified atom stereocenters. The zero-order valence-electron chi connectivity index (χ0n) is 9.07. The molecule has 17 heavy (non-hydrogen) atoms. The molecule has 1 heterocycles. The first-order chi connectivity index (χ1) is 8.03. The summed E-state index contributed by atoms with van der Waals surface area (Å²) in [4.78, 5) is 0. The van der Waals surface area contributed by atoms with Gasteiger partial charge in [0, 0.05) is 12.3 Å². The maximum Gasteiger partial charge on any atom is 0.522 e. The average Bonchev–Trinajstić information content (AvgIpc) is 2.67. The number of alkyl halides is 3. The van der Waals surface area contributed by atoms with Gasteiger partial charge >= 0.3 is 6.36 Å². The van der Waals surface area contributed by atoms with Gasteiger partial charge in [0.1, 0.15) is 0 Å². The van der Waals surface area contributed by atoms with Gasteiger partial charge in [-0.25, -0.2) is 4.68 Å². The maximum absolute atomic E-state index is 11.7. The fourth-order valence-corrected chi connectivity index (χ4v) is 1.67. The van der Waals surface area contributed by atoms with Crippen molar-refractivity contribution in [3.05, 3.63) is 0 Å². The molecule has 0 aliphatic heterocycles. The molecule has 6 nitrogen and oxygen atoms in total. The summed E-state index contributed by atoms with van der Waals surface area (Å²) in [5.74, 6) is 0.138. The first kappa shape index (κ1) is 14.2. The van der Waals surface area contributed by atoms with E-state index in [9.17, 15) is 13.2 Å². The molecule has 0 aliphatic rings. The molecule has 1 N–H and O–H groups in total. The standard InChI is InChI=1S/C7H12F3N5OS/c1-11-2-3-15-6(12-13-14-15)17-5-4-16-7(8,9)10/h11H,2-5H2,1H3. The Bertz CT molecular complexity index is 332. The van der Waals surface area contributed by atoms with Crippen molar-refractivity contribution in [2.45, 2.75) is 18.1 Å². The van der Waals surface area contributed by atoms with Gasteiger partial charge in [0.15, 0.2) is 0 Å². The minimum absolute atomic E-state index is 0.138. The molecule has 0 fully saturated rings. The lowest BCUT2D eigenvalue weighted by atomic mass is 10.6. The van der Waals surface area contributed by atoms with Crippen LogP contribution in [0.3, 0.4) is 0 Å². The largest absolute Gasteiger partial charge is 0.522 e. The molecule has 0 saturated heterocycles. The van der Waals surface area contributed by atoms with Crippen LogP contribution in [0.25, 0.3) is 0 Å². The molecule has 0 spiro atoms. The summed E-state index contributed by atoms with van der Waals surface area (Å²) < 4.78 is 40.2. The topological polar surface area (TPSA) is 64.9 Å². The fourth-order valence-electron chi connectivity index (χ4n) is 0.948. The number of ether oxygens (including phenoxy) is 1. The Morgan fingerprint density at radius 3 is 2.88 bits per heavy atom. The molecular weight excluding hydrogens is 259 g/mol. The third-order valence-electron chi connectivity index (χ3n) is 1.65. The van der Waals surface area contributed by atoms with Gasteiger partial charge in [-0.1, -0.05) is 11.8 Å². The third kappa shape index (κ3) is 5.84. The second-order valence-corrected chi connectivity index (χ2v) is 3.99. The minimum Gasteiger partial charge on any atom is -0.318 e. The molecule has 1 rings (SSSR count). The lowest BCUT2D eigenvalue weighted by Gasteiger charge is -2.06. The Kier molecular flexibility index (Phi) is 5.65. The molecule has 0 saturated carbocycles. The van der Waals surface area contributed by atoms with Gasteiger partial charge in [0.25, 0.3) is 0 Å². The van der Waals surface area contributed by atoms with Crippen LogP contribution in [0.4, 0.5) is 13.2 Å². The molecule has 0 atom stereocenters. The van der Waals surface area contributed by atoms with Crippen molar-refractivity contribution in [1.29, 1.82) is 0 Å². The molecule has 10 heteroatoms. The Morgan fingerprint density at radius 1 is 1.47 bits per heavy atom. The van der Waals surface area contributed by atoms with E-state index in [4.69, 9.17) is 0 Å². The van der Waals surface area contributed by atoms with Crippen LogP contribution < -0.4 is 5.32 Å². The summed E-state index contributed by atoms with van der Waals surface area (Å²) in [6, 6.07) is 0. The fraction of sp³-hybridized carbons (Fsp3) is 0.857. The molecule has 98 valence electrons. The molecule has 0 aromatic carbocycles. The van der Waals surface area contributed by atoms with Gasteiger partial charge in [-0.2, -0.15) is 0 Å². The van der Waals surface area contributed by atoms with Gasteiger partial charge in [-0.3, -0.25) is 4.74 Å². The number of halogens is 3. The number of nitrogens with zero attached hydrogens (tertiary/aromatic N) is 4. The summed E-state index contributed by atoms with van der Waals surface area (Å²) in [5.41, 5.74) is 0. The molecule has 0 amide bonds. The zero-order valence-corrected chi connectivity index (χ0v) is 9.88. The summed E-state index contributed by atoms with van der Waals surface area (Å²) in [5, 5.41) is 14.3. The minimum atomic E-state index is -4.58. The summed E-state index contributed by atoms with van der Waals surface area (Å²) in [6.45, 7) is 0.816. The van der Waals surface area contributed by atoms with Crippen LogP contribution in [0.15, 0.2) is 5.16 Å². The number of likely N-dealkylation sites (N-methyl/N-ethyl adjacent to an activating group) is 1. The first-order valence-electron chi connectivity index (χ1n) is 4.77. The number of tetrazole rings is 1. The second kappa shape index (κ2) is 6.77. The number of aromatic nitrogens is 4. The van der Waals surface area contributed by atoms with Crippen LogP contribution in [0.1, 0.15) is 0 Å². The highest BCUT2D eigenvalue weighted by Crippen LogP contribution is 2.18. The van der Waals surface area contributed by atoms with Crippen molar-refractivity contribution in [1.82, 2.24) is 25.5 Å². The zero-order chi connectivity index (χ0) is 12.7. The monoisotopic (exact) mass is 271 g/mol. The normalized spacial score (nSPS) is 12.0. The maximum atomic E-state index is 11.7. The molecule has 1 aromatic rings. The van der Waals surface area contributed by atoms with Gasteiger partial charge in [-0.15, -0.1) is 18.3 Å². The lowest BCUT2D eigenvalue weighted by Crippen LogP contribution is -2.17. The highest BCUT2D eigenvalue weighted by molar-refractivity contribution is 7.99. The van der Waals surface area contributed by atoms with Crippen LogP contribution in [0, 0.1) is 0 Å². The van der Waals surface area contributed by atoms with Crippen molar-refractivity contribution in [2.24, 2.45) is 0 Å². The van der Waals surface area contributed by atoms with E-state index in [-0.39, 0.29) is 5.75 Å². The van der Waals surface area contributed by atoms with Crippen LogP contribution in [0.5, 0.6) is 0 Å². The number of nitrogens with one attached hydrogen (secondary N) is 1. The third-order valence-corrected chi connectivity index (χ3v) is 2.57. The Hall–Kier alpha value is -0.870. The van der Waals surface area contributed by atoms with E-state index in [0.29, 0.717) is 18.2 Å². The van der Waals surface area contributed by atoms with Crippen LogP contribution in [-0.4, -0.2) is 52.5 Å². The molecule has 0 bridgehead atoms. The molecule has 0 aliphatic carbocycles. The first-order valence-corrected chi connectivity index (χ1v) is 5.76. The van der Waals surface area contributed by atoms with Crippen molar-refractivity contribution in [2.75, 3.05) is 26.0 Å². The highest BCUT2D eigenvalue weighted by atomic mass is 32.2. The van der Waals surface area contributed by atoms with Gasteiger partial charge in [0.2, 0.25) is 5.16 Å². The van der Waals surface area contributed by atoms with Crippen LogP contribution >= 0.6 is 11.8 Å².